The van der Waals surface area contributed by atoms with Gasteiger partial charge in [0.05, 0.1) is 6.61 Å². The molecule has 0 aliphatic heterocycles. The van der Waals surface area contributed by atoms with Gasteiger partial charge in [0, 0.05) is 19.7 Å². The first kappa shape index (κ1) is 17.3. The lowest BCUT2D eigenvalue weighted by molar-refractivity contribution is 0.118. The molecular formula is C14H26N4O3. The number of H-pyrrole nitrogens is 1. The van der Waals surface area contributed by atoms with Crippen molar-refractivity contribution in [2.24, 2.45) is 5.92 Å². The summed E-state index contributed by atoms with van der Waals surface area (Å²) in [4.78, 5) is 25.8. The molecule has 0 aliphatic rings. The Bertz CT molecular complexity index is 548. The Morgan fingerprint density at radius 1 is 1.38 bits per heavy atom. The van der Waals surface area contributed by atoms with Crippen molar-refractivity contribution in [3.8, 4) is 0 Å². The zero-order valence-corrected chi connectivity index (χ0v) is 13.1. The predicted molar refractivity (Wildman–Crippen MR) is 84.8 cm³/mol. The molecular weight excluding hydrogens is 272 g/mol. The van der Waals surface area contributed by atoms with Crippen LogP contribution in [0.15, 0.2) is 9.59 Å². The molecule has 21 heavy (non-hydrogen) atoms. The minimum absolute atomic E-state index is 0.182. The van der Waals surface area contributed by atoms with Gasteiger partial charge in [-0.2, -0.15) is 0 Å². The van der Waals surface area contributed by atoms with Crippen LogP contribution in [0.3, 0.4) is 0 Å². The number of aromatic amines is 1. The standard InChI is InChI=1S/C14H26N4O3/c1-4-5-7-18-12(15)11(13(19)17-14(18)20)16-6-8-21-9-10(2)3/h10,16H,4-9,15H2,1-3H3,(H,17,19,20). The second-order valence-corrected chi connectivity index (χ2v) is 5.42. The molecule has 0 radical (unpaired) electrons. The van der Waals surface area contributed by atoms with Crippen molar-refractivity contribution in [2.75, 3.05) is 30.8 Å². The fourth-order valence-corrected chi connectivity index (χ4v) is 1.86. The van der Waals surface area contributed by atoms with Gasteiger partial charge in [0.25, 0.3) is 5.56 Å². The van der Waals surface area contributed by atoms with E-state index in [1.807, 2.05) is 6.92 Å². The van der Waals surface area contributed by atoms with E-state index in [1.165, 1.54) is 4.57 Å². The number of nitrogens with zero attached hydrogens (tertiary/aromatic N) is 1. The third kappa shape index (κ3) is 5.26. The Hall–Kier alpha value is -1.76. The molecule has 0 bridgehead atoms. The Morgan fingerprint density at radius 2 is 2.10 bits per heavy atom. The second kappa shape index (κ2) is 8.51. The van der Waals surface area contributed by atoms with Gasteiger partial charge < -0.3 is 15.8 Å². The topological polar surface area (TPSA) is 102 Å². The molecule has 0 saturated heterocycles. The number of nitrogens with one attached hydrogen (secondary N) is 2. The van der Waals surface area contributed by atoms with E-state index in [-0.39, 0.29) is 11.5 Å². The molecule has 0 spiro atoms. The largest absolute Gasteiger partial charge is 0.383 e. The summed E-state index contributed by atoms with van der Waals surface area (Å²) in [6, 6.07) is 0. The molecule has 0 unspecified atom stereocenters. The maximum atomic E-state index is 11.8. The smallest absolute Gasteiger partial charge is 0.330 e. The normalized spacial score (nSPS) is 11.0. The van der Waals surface area contributed by atoms with Gasteiger partial charge in [0.1, 0.15) is 11.5 Å². The molecule has 4 N–H and O–H groups in total. The average molecular weight is 298 g/mol. The van der Waals surface area contributed by atoms with Gasteiger partial charge in [-0.15, -0.1) is 0 Å². The number of anilines is 2. The van der Waals surface area contributed by atoms with E-state index in [1.54, 1.807) is 0 Å². The minimum atomic E-state index is -0.492. The van der Waals surface area contributed by atoms with Gasteiger partial charge in [-0.1, -0.05) is 27.2 Å². The fourth-order valence-electron chi connectivity index (χ4n) is 1.86. The Balaban J connectivity index is 2.73. The third-order valence-electron chi connectivity index (χ3n) is 2.97. The van der Waals surface area contributed by atoms with Crippen LogP contribution in [0.2, 0.25) is 0 Å². The molecule has 0 aromatic carbocycles. The number of nitrogens with two attached hydrogens (primary N) is 1. The maximum Gasteiger partial charge on any atom is 0.330 e. The number of hydrogen-bond acceptors (Lipinski definition) is 5. The summed E-state index contributed by atoms with van der Waals surface area (Å²) >= 11 is 0. The molecule has 1 aromatic rings. The van der Waals surface area contributed by atoms with Crippen molar-refractivity contribution in [1.82, 2.24) is 9.55 Å². The van der Waals surface area contributed by atoms with Gasteiger partial charge in [0.2, 0.25) is 0 Å². The first-order valence-electron chi connectivity index (χ1n) is 7.41. The van der Waals surface area contributed by atoms with Crippen LogP contribution in [-0.2, 0) is 11.3 Å². The highest BCUT2D eigenvalue weighted by atomic mass is 16.5. The van der Waals surface area contributed by atoms with Gasteiger partial charge >= 0.3 is 5.69 Å². The second-order valence-electron chi connectivity index (χ2n) is 5.42. The van der Waals surface area contributed by atoms with Gasteiger partial charge in [-0.05, 0) is 12.3 Å². The number of hydrogen-bond donors (Lipinski definition) is 3. The molecule has 1 aromatic heterocycles. The van der Waals surface area contributed by atoms with Crippen LogP contribution in [0.25, 0.3) is 0 Å². The average Bonchev–Trinajstić information content (AvgIpc) is 2.41. The van der Waals surface area contributed by atoms with E-state index in [2.05, 4.69) is 24.1 Å². The molecule has 0 fully saturated rings. The fraction of sp³-hybridized carbons (Fsp3) is 0.714. The van der Waals surface area contributed by atoms with Crippen LogP contribution in [0.5, 0.6) is 0 Å². The summed E-state index contributed by atoms with van der Waals surface area (Å²) in [5, 5.41) is 2.95. The number of nitrogen functional groups attached to an aromatic ring is 1. The summed E-state index contributed by atoms with van der Waals surface area (Å²) in [7, 11) is 0. The van der Waals surface area contributed by atoms with E-state index in [0.29, 0.717) is 32.2 Å². The van der Waals surface area contributed by atoms with Crippen molar-refractivity contribution in [3.63, 3.8) is 0 Å². The first-order chi connectivity index (χ1) is 9.97. The molecule has 1 rings (SSSR count). The molecule has 0 saturated carbocycles. The van der Waals surface area contributed by atoms with Crippen molar-refractivity contribution < 1.29 is 4.74 Å². The Morgan fingerprint density at radius 3 is 2.71 bits per heavy atom. The number of aromatic nitrogens is 2. The highest BCUT2D eigenvalue weighted by Crippen LogP contribution is 2.10. The van der Waals surface area contributed by atoms with Crippen LogP contribution in [0.4, 0.5) is 11.5 Å². The van der Waals surface area contributed by atoms with E-state index in [0.717, 1.165) is 12.8 Å². The molecule has 1 heterocycles. The summed E-state index contributed by atoms with van der Waals surface area (Å²) in [6.07, 6.45) is 1.77. The number of rotatable bonds is 9. The molecule has 0 atom stereocenters. The Labute approximate surface area is 124 Å². The van der Waals surface area contributed by atoms with Crippen LogP contribution in [0, 0.1) is 5.92 Å². The molecule has 7 heteroatoms. The summed E-state index contributed by atoms with van der Waals surface area (Å²) < 4.78 is 6.82. The lowest BCUT2D eigenvalue weighted by Gasteiger charge is -2.14. The summed E-state index contributed by atoms with van der Waals surface area (Å²) in [5.41, 5.74) is 5.21. The van der Waals surface area contributed by atoms with Crippen LogP contribution in [-0.4, -0.2) is 29.3 Å². The zero-order chi connectivity index (χ0) is 15.8. The third-order valence-corrected chi connectivity index (χ3v) is 2.97. The molecule has 120 valence electrons. The van der Waals surface area contributed by atoms with E-state index in [4.69, 9.17) is 10.5 Å². The molecule has 0 aliphatic carbocycles. The van der Waals surface area contributed by atoms with Crippen LogP contribution in [0.1, 0.15) is 33.6 Å². The van der Waals surface area contributed by atoms with Crippen LogP contribution >= 0.6 is 0 Å². The SMILES string of the molecule is CCCCn1c(N)c(NCCOCC(C)C)c(=O)[nH]c1=O. The van der Waals surface area contributed by atoms with Gasteiger partial charge in [-0.3, -0.25) is 14.3 Å². The molecule has 0 amide bonds. The van der Waals surface area contributed by atoms with E-state index in [9.17, 15) is 9.59 Å². The monoisotopic (exact) mass is 298 g/mol. The van der Waals surface area contributed by atoms with Gasteiger partial charge in [0.15, 0.2) is 0 Å². The van der Waals surface area contributed by atoms with Crippen molar-refractivity contribution >= 4 is 11.5 Å². The number of ether oxygens (including phenoxy) is 1. The van der Waals surface area contributed by atoms with Gasteiger partial charge in [-0.25, -0.2) is 4.79 Å². The first-order valence-corrected chi connectivity index (χ1v) is 7.41. The molecule has 7 nitrogen and oxygen atoms in total. The highest BCUT2D eigenvalue weighted by Gasteiger charge is 2.11. The highest BCUT2D eigenvalue weighted by molar-refractivity contribution is 5.60. The van der Waals surface area contributed by atoms with E-state index >= 15 is 0 Å². The number of unbranched alkanes of at least 4 members (excludes halogenated alkanes) is 1. The lowest BCUT2D eigenvalue weighted by atomic mass is 10.2. The zero-order valence-electron chi connectivity index (χ0n) is 13.1. The van der Waals surface area contributed by atoms with Crippen molar-refractivity contribution in [1.29, 1.82) is 0 Å². The minimum Gasteiger partial charge on any atom is -0.383 e. The van der Waals surface area contributed by atoms with Crippen molar-refractivity contribution in [3.05, 3.63) is 20.8 Å². The Kier molecular flexibility index (Phi) is 7.01. The predicted octanol–water partition coefficient (Wildman–Crippen LogP) is 1.00. The van der Waals surface area contributed by atoms with Crippen molar-refractivity contribution in [2.45, 2.75) is 40.2 Å². The van der Waals surface area contributed by atoms with Crippen LogP contribution < -0.4 is 22.3 Å². The summed E-state index contributed by atoms with van der Waals surface area (Å²) in [6.45, 7) is 8.27. The lowest BCUT2D eigenvalue weighted by Crippen LogP contribution is -2.34. The summed E-state index contributed by atoms with van der Waals surface area (Å²) in [5.74, 6) is 0.649. The quantitative estimate of drug-likeness (QED) is 0.590. The maximum absolute atomic E-state index is 11.8. The van der Waals surface area contributed by atoms with E-state index < -0.39 is 11.2 Å².